The third-order valence-electron chi connectivity index (χ3n) is 4.51. The van der Waals surface area contributed by atoms with Crippen molar-refractivity contribution < 1.29 is 9.59 Å². The Morgan fingerprint density at radius 3 is 2.82 bits per heavy atom. The lowest BCUT2D eigenvalue weighted by Gasteiger charge is -2.41. The summed E-state index contributed by atoms with van der Waals surface area (Å²) in [6.07, 6.45) is 2.27. The van der Waals surface area contributed by atoms with Crippen molar-refractivity contribution in [2.45, 2.75) is 31.8 Å². The summed E-state index contributed by atoms with van der Waals surface area (Å²) >= 11 is 6.01. The van der Waals surface area contributed by atoms with Crippen molar-refractivity contribution in [2.24, 2.45) is 0 Å². The van der Waals surface area contributed by atoms with Crippen LogP contribution in [0.1, 0.15) is 19.8 Å². The molecule has 0 bridgehead atoms. The Balaban J connectivity index is 1.67. The first-order valence-electron chi connectivity index (χ1n) is 7.67. The molecule has 0 aromatic heterocycles. The van der Waals surface area contributed by atoms with E-state index in [0.717, 1.165) is 19.5 Å². The van der Waals surface area contributed by atoms with Gasteiger partial charge >= 0.3 is 11.8 Å². The molecule has 6 heteroatoms. The van der Waals surface area contributed by atoms with Gasteiger partial charge in [-0.05, 0) is 38.4 Å². The lowest BCUT2D eigenvalue weighted by atomic mass is 10.1. The summed E-state index contributed by atoms with van der Waals surface area (Å²) in [5.74, 6) is -1.09. The van der Waals surface area contributed by atoms with E-state index in [2.05, 4.69) is 10.2 Å². The molecule has 2 aliphatic heterocycles. The minimum absolute atomic E-state index is 0.0545. The Morgan fingerprint density at radius 2 is 2.05 bits per heavy atom. The van der Waals surface area contributed by atoms with Crippen molar-refractivity contribution in [1.29, 1.82) is 0 Å². The highest BCUT2D eigenvalue weighted by molar-refractivity contribution is 6.41. The molecule has 118 valence electrons. The molecule has 2 unspecified atom stereocenters. The highest BCUT2D eigenvalue weighted by Crippen LogP contribution is 2.25. The zero-order valence-corrected chi connectivity index (χ0v) is 13.3. The van der Waals surface area contributed by atoms with Crippen LogP contribution in [0.4, 0.5) is 5.69 Å². The molecule has 1 N–H and O–H groups in total. The predicted molar refractivity (Wildman–Crippen MR) is 85.9 cm³/mol. The van der Waals surface area contributed by atoms with Crippen LogP contribution in [0.2, 0.25) is 5.02 Å². The maximum absolute atomic E-state index is 12.5. The van der Waals surface area contributed by atoms with Crippen LogP contribution in [-0.2, 0) is 9.59 Å². The van der Waals surface area contributed by atoms with Crippen LogP contribution in [0.15, 0.2) is 24.3 Å². The first-order chi connectivity index (χ1) is 10.6. The van der Waals surface area contributed by atoms with Crippen molar-refractivity contribution in [3.63, 3.8) is 0 Å². The van der Waals surface area contributed by atoms with Crippen molar-refractivity contribution in [3.05, 3.63) is 29.3 Å². The molecule has 22 heavy (non-hydrogen) atoms. The quantitative estimate of drug-likeness (QED) is 0.805. The highest BCUT2D eigenvalue weighted by Gasteiger charge is 2.38. The summed E-state index contributed by atoms with van der Waals surface area (Å²) in [7, 11) is 0. The second-order valence-electron chi connectivity index (χ2n) is 6.03. The molecule has 3 rings (SSSR count). The number of hydrogen-bond acceptors (Lipinski definition) is 3. The van der Waals surface area contributed by atoms with Crippen molar-refractivity contribution in [2.75, 3.05) is 25.0 Å². The molecular formula is C16H20ClN3O2. The van der Waals surface area contributed by atoms with Crippen LogP contribution in [0, 0.1) is 0 Å². The molecule has 0 spiro atoms. The van der Waals surface area contributed by atoms with Crippen molar-refractivity contribution in [3.8, 4) is 0 Å². The molecule has 1 aromatic rings. The number of fused-ring (bicyclic) bond motifs is 1. The molecule has 2 aliphatic rings. The number of benzene rings is 1. The Morgan fingerprint density at radius 1 is 1.27 bits per heavy atom. The smallest absolute Gasteiger partial charge is 0.313 e. The molecule has 1 aromatic carbocycles. The number of hydrogen-bond donors (Lipinski definition) is 1. The Labute approximate surface area is 135 Å². The van der Waals surface area contributed by atoms with Gasteiger partial charge in [0.05, 0.1) is 10.7 Å². The summed E-state index contributed by atoms with van der Waals surface area (Å²) in [5, 5.41) is 3.04. The van der Waals surface area contributed by atoms with Crippen LogP contribution in [0.5, 0.6) is 0 Å². The van der Waals surface area contributed by atoms with Gasteiger partial charge in [0.15, 0.2) is 0 Å². The standard InChI is InChI=1S/C16H20ClN3O2/c1-11-9-19-8-4-5-12(19)10-20(11)16(22)15(21)18-14-7-3-2-6-13(14)17/h2-3,6-7,11-12H,4-5,8-10H2,1H3,(H,18,21). The topological polar surface area (TPSA) is 52.7 Å². The molecule has 0 aliphatic carbocycles. The Bertz CT molecular complexity index is 593. The normalized spacial score (nSPS) is 24.9. The Kier molecular flexibility index (Phi) is 4.36. The number of carbonyl (C=O) groups is 2. The molecule has 2 saturated heterocycles. The minimum Gasteiger partial charge on any atom is -0.329 e. The molecular weight excluding hydrogens is 302 g/mol. The van der Waals surface area contributed by atoms with Gasteiger partial charge in [0.2, 0.25) is 0 Å². The molecule has 0 radical (unpaired) electrons. The molecule has 2 fully saturated rings. The maximum Gasteiger partial charge on any atom is 0.313 e. The van der Waals surface area contributed by atoms with E-state index < -0.39 is 11.8 Å². The van der Waals surface area contributed by atoms with Gasteiger partial charge in [-0.1, -0.05) is 23.7 Å². The average Bonchev–Trinajstić information content (AvgIpc) is 2.95. The van der Waals surface area contributed by atoms with E-state index in [1.807, 2.05) is 6.92 Å². The zero-order chi connectivity index (χ0) is 15.7. The van der Waals surface area contributed by atoms with Gasteiger partial charge in [0.1, 0.15) is 0 Å². The summed E-state index contributed by atoms with van der Waals surface area (Å²) in [6.45, 7) is 4.57. The monoisotopic (exact) mass is 321 g/mol. The second kappa shape index (κ2) is 6.26. The fourth-order valence-corrected chi connectivity index (χ4v) is 3.52. The van der Waals surface area contributed by atoms with Crippen LogP contribution < -0.4 is 5.32 Å². The first-order valence-corrected chi connectivity index (χ1v) is 8.04. The lowest BCUT2D eigenvalue weighted by Crippen LogP contribution is -2.58. The predicted octanol–water partition coefficient (Wildman–Crippen LogP) is 1.97. The maximum atomic E-state index is 12.5. The number of halogens is 1. The summed E-state index contributed by atoms with van der Waals surface area (Å²) in [6, 6.07) is 7.37. The van der Waals surface area contributed by atoms with Crippen LogP contribution in [0.3, 0.4) is 0 Å². The first kappa shape index (κ1) is 15.3. The number of carbonyl (C=O) groups excluding carboxylic acids is 2. The highest BCUT2D eigenvalue weighted by atomic mass is 35.5. The number of amides is 2. The number of piperazine rings is 1. The molecule has 2 amide bonds. The molecule has 2 heterocycles. The minimum atomic E-state index is -0.619. The van der Waals surface area contributed by atoms with Crippen LogP contribution >= 0.6 is 11.6 Å². The largest absolute Gasteiger partial charge is 0.329 e. The van der Waals surface area contributed by atoms with E-state index in [0.29, 0.717) is 23.3 Å². The van der Waals surface area contributed by atoms with Gasteiger partial charge in [0.25, 0.3) is 0 Å². The Hall–Kier alpha value is -1.59. The van der Waals surface area contributed by atoms with Gasteiger partial charge in [-0.3, -0.25) is 14.5 Å². The van der Waals surface area contributed by atoms with Gasteiger partial charge in [-0.2, -0.15) is 0 Å². The fraction of sp³-hybridized carbons (Fsp3) is 0.500. The van der Waals surface area contributed by atoms with E-state index in [9.17, 15) is 9.59 Å². The summed E-state index contributed by atoms with van der Waals surface area (Å²) in [4.78, 5) is 28.8. The summed E-state index contributed by atoms with van der Waals surface area (Å²) in [5.41, 5.74) is 0.467. The van der Waals surface area contributed by atoms with E-state index in [1.165, 1.54) is 6.42 Å². The number of rotatable bonds is 1. The zero-order valence-electron chi connectivity index (χ0n) is 12.6. The van der Waals surface area contributed by atoms with Crippen LogP contribution in [-0.4, -0.2) is 53.3 Å². The van der Waals surface area contributed by atoms with E-state index in [4.69, 9.17) is 11.6 Å². The van der Waals surface area contributed by atoms with E-state index in [1.54, 1.807) is 29.2 Å². The van der Waals surface area contributed by atoms with Crippen molar-refractivity contribution >= 4 is 29.1 Å². The fourth-order valence-electron chi connectivity index (χ4n) is 3.34. The van der Waals surface area contributed by atoms with Gasteiger partial charge in [-0.25, -0.2) is 0 Å². The van der Waals surface area contributed by atoms with E-state index >= 15 is 0 Å². The van der Waals surface area contributed by atoms with Gasteiger partial charge < -0.3 is 10.2 Å². The third-order valence-corrected chi connectivity index (χ3v) is 4.84. The number of para-hydroxylation sites is 1. The van der Waals surface area contributed by atoms with Gasteiger partial charge in [-0.15, -0.1) is 0 Å². The van der Waals surface area contributed by atoms with Crippen molar-refractivity contribution in [1.82, 2.24) is 9.80 Å². The third kappa shape index (κ3) is 2.96. The van der Waals surface area contributed by atoms with Crippen LogP contribution in [0.25, 0.3) is 0 Å². The van der Waals surface area contributed by atoms with Gasteiger partial charge in [0, 0.05) is 25.2 Å². The second-order valence-corrected chi connectivity index (χ2v) is 6.44. The summed E-state index contributed by atoms with van der Waals surface area (Å²) < 4.78 is 0. The average molecular weight is 322 g/mol. The SMILES string of the molecule is CC1CN2CCCC2CN1C(=O)C(=O)Nc1ccccc1Cl. The number of nitrogens with zero attached hydrogens (tertiary/aromatic N) is 2. The lowest BCUT2D eigenvalue weighted by molar-refractivity contribution is -0.147. The number of nitrogens with one attached hydrogen (secondary N) is 1. The molecule has 2 atom stereocenters. The number of anilines is 1. The molecule has 0 saturated carbocycles. The van der Waals surface area contributed by atoms with E-state index in [-0.39, 0.29) is 6.04 Å². The molecule has 5 nitrogen and oxygen atoms in total.